The summed E-state index contributed by atoms with van der Waals surface area (Å²) in [6, 6.07) is 18.5. The molecule has 2 N–H and O–H groups in total. The fourth-order valence-electron chi connectivity index (χ4n) is 5.70. The predicted octanol–water partition coefficient (Wildman–Crippen LogP) is 3.47. The average molecular weight is 535 g/mol. The van der Waals surface area contributed by atoms with Crippen molar-refractivity contribution >= 4 is 39.8 Å². The number of nitriles is 1. The van der Waals surface area contributed by atoms with Gasteiger partial charge in [0.15, 0.2) is 5.78 Å². The van der Waals surface area contributed by atoms with Crippen LogP contribution in [0.15, 0.2) is 65.6 Å². The number of aromatic nitrogens is 3. The maximum absolute atomic E-state index is 13.6. The Morgan fingerprint density at radius 2 is 1.85 bits per heavy atom. The van der Waals surface area contributed by atoms with Gasteiger partial charge in [0, 0.05) is 60.9 Å². The highest BCUT2D eigenvalue weighted by Crippen LogP contribution is 2.32. The van der Waals surface area contributed by atoms with Crippen LogP contribution >= 0.6 is 0 Å². The SMILES string of the molecule is CN1CC(n2c(=O)c(C#N)cc3cnc(Nc4ccc(N(C)C5CCNCC5)cc4)nc32)C(=O)c2ccccc21. The Morgan fingerprint density at radius 1 is 1.10 bits per heavy atom. The molecule has 2 aliphatic heterocycles. The molecule has 0 amide bonds. The van der Waals surface area contributed by atoms with Crippen molar-refractivity contribution in [3.05, 3.63) is 82.3 Å². The molecule has 0 aliphatic carbocycles. The van der Waals surface area contributed by atoms with E-state index in [2.05, 4.69) is 44.7 Å². The van der Waals surface area contributed by atoms with Gasteiger partial charge < -0.3 is 20.4 Å². The number of rotatable bonds is 5. The highest BCUT2D eigenvalue weighted by atomic mass is 16.1. The number of Topliss-reactive ketones (excluding diaryl/α,β-unsaturated/α-hetero) is 1. The van der Waals surface area contributed by atoms with Gasteiger partial charge in [0.05, 0.1) is 0 Å². The summed E-state index contributed by atoms with van der Waals surface area (Å²) in [5.74, 6) is 0.107. The number of likely N-dealkylation sites (N-methyl/N-ethyl adjacent to an activating group) is 1. The third-order valence-corrected chi connectivity index (χ3v) is 7.92. The van der Waals surface area contributed by atoms with E-state index in [1.807, 2.05) is 42.3 Å². The number of pyridine rings is 1. The fraction of sp³-hybridized carbons (Fsp3) is 0.300. The molecule has 10 nitrogen and oxygen atoms in total. The Kier molecular flexibility index (Phi) is 6.66. The number of hydrogen-bond acceptors (Lipinski definition) is 9. The molecule has 0 saturated carbocycles. The number of ketones is 1. The third-order valence-electron chi connectivity index (χ3n) is 7.92. The first kappa shape index (κ1) is 25.5. The first-order chi connectivity index (χ1) is 19.4. The number of benzene rings is 2. The van der Waals surface area contributed by atoms with Crippen molar-refractivity contribution in [1.29, 1.82) is 5.26 Å². The van der Waals surface area contributed by atoms with E-state index in [0.717, 1.165) is 43.0 Å². The summed E-state index contributed by atoms with van der Waals surface area (Å²) in [6.07, 6.45) is 3.80. The second-order valence-corrected chi connectivity index (χ2v) is 10.4. The van der Waals surface area contributed by atoms with Crippen molar-refractivity contribution in [3.63, 3.8) is 0 Å². The second kappa shape index (κ2) is 10.4. The van der Waals surface area contributed by atoms with E-state index < -0.39 is 11.6 Å². The minimum absolute atomic E-state index is 0.0559. The molecule has 202 valence electrons. The molecule has 1 unspecified atom stereocenters. The summed E-state index contributed by atoms with van der Waals surface area (Å²) >= 11 is 0. The molecular formula is C30H30N8O2. The summed E-state index contributed by atoms with van der Waals surface area (Å²) in [7, 11) is 4.01. The van der Waals surface area contributed by atoms with E-state index in [1.54, 1.807) is 18.3 Å². The minimum Gasteiger partial charge on any atom is -0.372 e. The molecule has 1 fully saturated rings. The zero-order valence-corrected chi connectivity index (χ0v) is 22.5. The maximum Gasteiger partial charge on any atom is 0.270 e. The molecule has 0 radical (unpaired) electrons. The topological polar surface area (TPSA) is 119 Å². The van der Waals surface area contributed by atoms with Crippen molar-refractivity contribution in [2.75, 3.05) is 48.8 Å². The van der Waals surface area contributed by atoms with Gasteiger partial charge >= 0.3 is 0 Å². The predicted molar refractivity (Wildman–Crippen MR) is 156 cm³/mol. The summed E-state index contributed by atoms with van der Waals surface area (Å²) in [5.41, 5.74) is 2.97. The van der Waals surface area contributed by atoms with Gasteiger partial charge in [-0.05, 0) is 68.4 Å². The Morgan fingerprint density at radius 3 is 2.60 bits per heavy atom. The van der Waals surface area contributed by atoms with E-state index in [4.69, 9.17) is 0 Å². The zero-order valence-electron chi connectivity index (χ0n) is 22.5. The monoisotopic (exact) mass is 534 g/mol. The molecule has 0 bridgehead atoms. The molecule has 2 aromatic carbocycles. The van der Waals surface area contributed by atoms with Crippen LogP contribution in [0.4, 0.5) is 23.0 Å². The van der Waals surface area contributed by atoms with Gasteiger partial charge in [0.2, 0.25) is 5.95 Å². The van der Waals surface area contributed by atoms with Gasteiger partial charge in [0.25, 0.3) is 5.56 Å². The molecule has 4 heterocycles. The molecule has 6 rings (SSSR count). The maximum atomic E-state index is 13.6. The van der Waals surface area contributed by atoms with Crippen LogP contribution in [0.1, 0.15) is 34.8 Å². The number of fused-ring (bicyclic) bond motifs is 2. The van der Waals surface area contributed by atoms with Gasteiger partial charge in [-0.3, -0.25) is 14.2 Å². The van der Waals surface area contributed by atoms with Crippen LogP contribution in [0.25, 0.3) is 11.0 Å². The number of hydrogen-bond donors (Lipinski definition) is 2. The van der Waals surface area contributed by atoms with Crippen LogP contribution in [0.2, 0.25) is 0 Å². The van der Waals surface area contributed by atoms with Crippen LogP contribution in [-0.2, 0) is 0 Å². The Bertz CT molecular complexity index is 1690. The van der Waals surface area contributed by atoms with Gasteiger partial charge in [-0.15, -0.1) is 0 Å². The number of nitrogens with zero attached hydrogens (tertiary/aromatic N) is 6. The Labute approximate surface area is 231 Å². The molecule has 1 atom stereocenters. The molecular weight excluding hydrogens is 504 g/mol. The summed E-state index contributed by atoms with van der Waals surface area (Å²) in [6.45, 7) is 2.34. The van der Waals surface area contributed by atoms with Crippen molar-refractivity contribution in [1.82, 2.24) is 19.9 Å². The molecule has 2 aliphatic rings. The lowest BCUT2D eigenvalue weighted by molar-refractivity contribution is 0.0922. The van der Waals surface area contributed by atoms with Crippen molar-refractivity contribution in [2.45, 2.75) is 24.9 Å². The van der Waals surface area contributed by atoms with E-state index >= 15 is 0 Å². The van der Waals surface area contributed by atoms with Crippen LogP contribution in [0, 0.1) is 11.3 Å². The number of carbonyl (C=O) groups excluding carboxylic acids is 1. The van der Waals surface area contributed by atoms with E-state index in [1.165, 1.54) is 10.6 Å². The van der Waals surface area contributed by atoms with Crippen LogP contribution in [0.5, 0.6) is 0 Å². The van der Waals surface area contributed by atoms with Crippen molar-refractivity contribution in [3.8, 4) is 6.07 Å². The lowest BCUT2D eigenvalue weighted by Crippen LogP contribution is -2.42. The van der Waals surface area contributed by atoms with Gasteiger partial charge in [0.1, 0.15) is 23.3 Å². The number of carbonyl (C=O) groups is 1. The first-order valence-corrected chi connectivity index (χ1v) is 13.4. The average Bonchev–Trinajstić information content (AvgIpc) is 2.99. The van der Waals surface area contributed by atoms with Gasteiger partial charge in [-0.2, -0.15) is 10.2 Å². The standard InChI is InChI=1S/C30H30N8O2/c1-36-18-26(27(39)24-5-3-4-6-25(24)36)38-28-20(15-19(16-31)29(38)40)17-33-30(35-28)34-21-7-9-22(10-8-21)37(2)23-11-13-32-14-12-23/h3-10,15,17,23,26,32H,11-14,18H2,1-2H3,(H,33,34,35). The summed E-state index contributed by atoms with van der Waals surface area (Å²) < 4.78 is 1.35. The quantitative estimate of drug-likeness (QED) is 0.397. The summed E-state index contributed by atoms with van der Waals surface area (Å²) in [5, 5.41) is 16.8. The third kappa shape index (κ3) is 4.54. The summed E-state index contributed by atoms with van der Waals surface area (Å²) in [4.78, 5) is 40.4. The van der Waals surface area contributed by atoms with E-state index in [-0.39, 0.29) is 17.9 Å². The largest absolute Gasteiger partial charge is 0.372 e. The number of piperidine rings is 1. The van der Waals surface area contributed by atoms with E-state index in [9.17, 15) is 14.9 Å². The first-order valence-electron chi connectivity index (χ1n) is 13.4. The van der Waals surface area contributed by atoms with E-state index in [0.29, 0.717) is 28.6 Å². The zero-order chi connectivity index (χ0) is 27.8. The minimum atomic E-state index is -0.837. The molecule has 1 saturated heterocycles. The van der Waals surface area contributed by atoms with Crippen LogP contribution < -0.4 is 26.0 Å². The normalized spacial score (nSPS) is 17.4. The number of para-hydroxylation sites is 1. The molecule has 10 heteroatoms. The number of nitrogens with one attached hydrogen (secondary N) is 2. The highest BCUT2D eigenvalue weighted by Gasteiger charge is 2.34. The lowest BCUT2D eigenvalue weighted by atomic mass is 9.96. The smallest absolute Gasteiger partial charge is 0.270 e. The highest BCUT2D eigenvalue weighted by molar-refractivity contribution is 6.06. The molecule has 2 aromatic heterocycles. The Hall–Kier alpha value is -4.75. The van der Waals surface area contributed by atoms with Crippen LogP contribution in [-0.4, -0.2) is 60.1 Å². The van der Waals surface area contributed by atoms with Gasteiger partial charge in [-0.1, -0.05) is 12.1 Å². The molecule has 0 spiro atoms. The molecule has 40 heavy (non-hydrogen) atoms. The van der Waals surface area contributed by atoms with Crippen molar-refractivity contribution < 1.29 is 4.79 Å². The second-order valence-electron chi connectivity index (χ2n) is 10.4. The van der Waals surface area contributed by atoms with Crippen molar-refractivity contribution in [2.24, 2.45) is 0 Å². The van der Waals surface area contributed by atoms with Gasteiger partial charge in [-0.25, -0.2) is 4.98 Å². The lowest BCUT2D eigenvalue weighted by Gasteiger charge is -2.33. The molecule has 4 aromatic rings. The Balaban J connectivity index is 1.34. The van der Waals surface area contributed by atoms with Crippen LogP contribution in [0.3, 0.4) is 0 Å². The number of anilines is 4. The fourth-order valence-corrected chi connectivity index (χ4v) is 5.70.